The maximum atomic E-state index is 13.6. The van der Waals surface area contributed by atoms with Crippen molar-refractivity contribution < 1.29 is 33.0 Å². The van der Waals surface area contributed by atoms with Gasteiger partial charge in [0.1, 0.15) is 36.4 Å². The number of nitrogens with one attached hydrogen (secondary N) is 1. The molecule has 1 aromatic heterocycles. The van der Waals surface area contributed by atoms with Crippen molar-refractivity contribution in [3.05, 3.63) is 76.5 Å². The molecule has 2 heterocycles. The monoisotopic (exact) mass is 479 g/mol. The Bertz CT molecular complexity index is 1190. The van der Waals surface area contributed by atoms with Crippen LogP contribution in [-0.4, -0.2) is 38.0 Å². The van der Waals surface area contributed by atoms with Crippen LogP contribution in [0.4, 0.5) is 0 Å². The molecule has 2 aromatic rings. The molecule has 2 aliphatic rings. The predicted octanol–water partition coefficient (Wildman–Crippen LogP) is 3.82. The van der Waals surface area contributed by atoms with Crippen molar-refractivity contribution in [3.63, 3.8) is 0 Å². The Balaban J connectivity index is 1.61. The molecule has 0 fully saturated rings. The second kappa shape index (κ2) is 10.2. The van der Waals surface area contributed by atoms with Gasteiger partial charge in [0.05, 0.1) is 18.6 Å². The van der Waals surface area contributed by atoms with E-state index in [4.69, 9.17) is 18.6 Å². The number of allylic oxidation sites excluding steroid dienone is 3. The normalized spacial score (nSPS) is 21.8. The minimum Gasteiger partial charge on any atom is -0.490 e. The van der Waals surface area contributed by atoms with Crippen LogP contribution in [0.25, 0.3) is 0 Å². The molecule has 8 nitrogen and oxygen atoms in total. The van der Waals surface area contributed by atoms with Crippen LogP contribution >= 0.6 is 0 Å². The molecule has 35 heavy (non-hydrogen) atoms. The fraction of sp³-hybridized carbons (Fsp3) is 0.370. The summed E-state index contributed by atoms with van der Waals surface area (Å²) in [6, 6.07) is 12.7. The van der Waals surface area contributed by atoms with Gasteiger partial charge >= 0.3 is 11.9 Å². The third-order valence-electron chi connectivity index (χ3n) is 6.34. The number of Topliss-reactive ketones (excluding diaryl/α,β-unsaturated/α-hetero) is 1. The first-order chi connectivity index (χ1) is 16.8. The molecule has 1 aromatic carbocycles. The molecule has 0 saturated carbocycles. The number of dihydropyridines is 1. The standard InChI is InChI=1S/C27H29NO7/c1-15-14-19-23(25(29)21(15)26(30)32-4)24(20-11-10-16(2)35-20)22(17(3)28-19)27(31)34-13-12-33-18-8-6-5-7-9-18/h5-11,15,21,24,28H,12-14H2,1-4H3. The van der Waals surface area contributed by atoms with Crippen LogP contribution < -0.4 is 10.1 Å². The predicted molar refractivity (Wildman–Crippen MR) is 126 cm³/mol. The Hall–Kier alpha value is -3.81. The number of furan rings is 1. The zero-order valence-corrected chi connectivity index (χ0v) is 20.3. The lowest BCUT2D eigenvalue weighted by molar-refractivity contribution is -0.151. The lowest BCUT2D eigenvalue weighted by Gasteiger charge is -2.37. The highest BCUT2D eigenvalue weighted by atomic mass is 16.6. The number of para-hydroxylation sites is 1. The van der Waals surface area contributed by atoms with Crippen molar-refractivity contribution in [2.24, 2.45) is 11.8 Å². The third-order valence-corrected chi connectivity index (χ3v) is 6.34. The number of esters is 2. The van der Waals surface area contributed by atoms with Crippen LogP contribution in [0.1, 0.15) is 37.7 Å². The van der Waals surface area contributed by atoms with Gasteiger partial charge in [-0.3, -0.25) is 9.59 Å². The van der Waals surface area contributed by atoms with E-state index in [1.807, 2.05) is 37.3 Å². The van der Waals surface area contributed by atoms with Crippen molar-refractivity contribution in [1.29, 1.82) is 0 Å². The molecule has 1 N–H and O–H groups in total. The van der Waals surface area contributed by atoms with E-state index in [2.05, 4.69) is 5.32 Å². The molecular weight excluding hydrogens is 450 g/mol. The molecule has 8 heteroatoms. The van der Waals surface area contributed by atoms with Gasteiger partial charge in [-0.1, -0.05) is 25.1 Å². The van der Waals surface area contributed by atoms with Crippen molar-refractivity contribution in [2.45, 2.75) is 33.1 Å². The van der Waals surface area contributed by atoms with Gasteiger partial charge in [0, 0.05) is 17.0 Å². The number of benzene rings is 1. The van der Waals surface area contributed by atoms with Crippen molar-refractivity contribution in [2.75, 3.05) is 20.3 Å². The molecule has 3 unspecified atom stereocenters. The lowest BCUT2D eigenvalue weighted by atomic mass is 9.70. The zero-order chi connectivity index (χ0) is 25.1. The molecule has 3 atom stereocenters. The van der Waals surface area contributed by atoms with Crippen molar-refractivity contribution >= 4 is 17.7 Å². The van der Waals surface area contributed by atoms with E-state index in [-0.39, 0.29) is 30.5 Å². The SMILES string of the molecule is COC(=O)C1C(=O)C2=C(CC1C)NC(C)=C(C(=O)OCCOc1ccccc1)C2c1ccc(C)o1. The van der Waals surface area contributed by atoms with E-state index in [0.29, 0.717) is 40.7 Å². The maximum Gasteiger partial charge on any atom is 0.336 e. The van der Waals surface area contributed by atoms with Crippen LogP contribution in [-0.2, 0) is 23.9 Å². The summed E-state index contributed by atoms with van der Waals surface area (Å²) in [6.07, 6.45) is 0.460. The molecule has 184 valence electrons. The van der Waals surface area contributed by atoms with E-state index in [0.717, 1.165) is 0 Å². The van der Waals surface area contributed by atoms with Gasteiger partial charge in [-0.2, -0.15) is 0 Å². The molecule has 0 radical (unpaired) electrons. The summed E-state index contributed by atoms with van der Waals surface area (Å²) >= 11 is 0. The van der Waals surface area contributed by atoms with Gasteiger partial charge in [-0.05, 0) is 50.5 Å². The third kappa shape index (κ3) is 4.87. The molecule has 1 aliphatic heterocycles. The number of ketones is 1. The van der Waals surface area contributed by atoms with E-state index in [1.165, 1.54) is 7.11 Å². The van der Waals surface area contributed by atoms with Gasteiger partial charge < -0.3 is 23.9 Å². The fourth-order valence-corrected chi connectivity index (χ4v) is 4.73. The number of rotatable bonds is 7. The first-order valence-electron chi connectivity index (χ1n) is 11.6. The number of carbonyl (C=O) groups excluding carboxylic acids is 3. The summed E-state index contributed by atoms with van der Waals surface area (Å²) in [5.41, 5.74) is 1.87. The van der Waals surface area contributed by atoms with Crippen molar-refractivity contribution in [1.82, 2.24) is 5.32 Å². The van der Waals surface area contributed by atoms with Gasteiger partial charge in [-0.15, -0.1) is 0 Å². The van der Waals surface area contributed by atoms with Crippen LogP contribution in [0.3, 0.4) is 0 Å². The maximum absolute atomic E-state index is 13.6. The number of hydrogen-bond donors (Lipinski definition) is 1. The van der Waals surface area contributed by atoms with Gasteiger partial charge in [0.15, 0.2) is 5.78 Å². The second-order valence-corrected chi connectivity index (χ2v) is 8.78. The smallest absolute Gasteiger partial charge is 0.336 e. The summed E-state index contributed by atoms with van der Waals surface area (Å²) in [5.74, 6) is -1.79. The van der Waals surface area contributed by atoms with Crippen LogP contribution in [0.2, 0.25) is 0 Å². The minimum atomic E-state index is -0.950. The van der Waals surface area contributed by atoms with Gasteiger partial charge in [-0.25, -0.2) is 4.79 Å². The van der Waals surface area contributed by atoms with E-state index >= 15 is 0 Å². The Morgan fingerprint density at radius 1 is 1.09 bits per heavy atom. The Morgan fingerprint density at radius 2 is 1.83 bits per heavy atom. The average Bonchev–Trinajstić information content (AvgIpc) is 3.27. The number of carbonyl (C=O) groups is 3. The number of hydrogen-bond acceptors (Lipinski definition) is 8. The summed E-state index contributed by atoms with van der Waals surface area (Å²) < 4.78 is 21.9. The molecule has 4 rings (SSSR count). The number of aryl methyl sites for hydroxylation is 1. The highest BCUT2D eigenvalue weighted by Gasteiger charge is 2.48. The lowest BCUT2D eigenvalue weighted by Crippen LogP contribution is -2.43. The molecule has 0 bridgehead atoms. The summed E-state index contributed by atoms with van der Waals surface area (Å²) in [5, 5.41) is 3.22. The van der Waals surface area contributed by atoms with Crippen molar-refractivity contribution in [3.8, 4) is 5.75 Å². The highest BCUT2D eigenvalue weighted by molar-refractivity contribution is 6.12. The largest absolute Gasteiger partial charge is 0.490 e. The quantitative estimate of drug-likeness (QED) is 0.363. The molecule has 0 saturated heterocycles. The van der Waals surface area contributed by atoms with E-state index in [1.54, 1.807) is 26.0 Å². The molecule has 0 spiro atoms. The summed E-state index contributed by atoms with van der Waals surface area (Å²) in [7, 11) is 1.27. The molecule has 1 aliphatic carbocycles. The fourth-order valence-electron chi connectivity index (χ4n) is 4.73. The van der Waals surface area contributed by atoms with E-state index < -0.39 is 23.8 Å². The molecule has 0 amide bonds. The Morgan fingerprint density at radius 3 is 2.49 bits per heavy atom. The first-order valence-corrected chi connectivity index (χ1v) is 11.6. The van der Waals surface area contributed by atoms with Gasteiger partial charge in [0.2, 0.25) is 0 Å². The van der Waals surface area contributed by atoms with Gasteiger partial charge in [0.25, 0.3) is 0 Å². The molecular formula is C27H29NO7. The highest BCUT2D eigenvalue weighted by Crippen LogP contribution is 2.45. The average molecular weight is 480 g/mol. The summed E-state index contributed by atoms with van der Waals surface area (Å²) in [6.45, 7) is 5.60. The second-order valence-electron chi connectivity index (χ2n) is 8.78. The van der Waals surface area contributed by atoms with Crippen LogP contribution in [0.5, 0.6) is 5.75 Å². The topological polar surface area (TPSA) is 104 Å². The summed E-state index contributed by atoms with van der Waals surface area (Å²) in [4.78, 5) is 39.4. The number of ether oxygens (including phenoxy) is 3. The number of methoxy groups -OCH3 is 1. The van der Waals surface area contributed by atoms with Crippen LogP contribution in [0.15, 0.2) is 69.4 Å². The van der Waals surface area contributed by atoms with Crippen LogP contribution in [0, 0.1) is 18.8 Å². The first kappa shape index (κ1) is 24.3. The minimum absolute atomic E-state index is 0.0239. The zero-order valence-electron chi connectivity index (χ0n) is 20.3. The Kier molecular flexibility index (Phi) is 7.10. The Labute approximate surface area is 203 Å². The van der Waals surface area contributed by atoms with E-state index in [9.17, 15) is 14.4 Å².